The Hall–Kier alpha value is 0.904. The van der Waals surface area contributed by atoms with Crippen LogP contribution >= 0.6 is 31.4 Å². The summed E-state index contributed by atoms with van der Waals surface area (Å²) < 4.78 is 1.73. The molecular weight excluding hydrogens is 352 g/mol. The predicted molar refractivity (Wildman–Crippen MR) is 89.7 cm³/mol. The second kappa shape index (κ2) is 12.9. The van der Waals surface area contributed by atoms with Gasteiger partial charge < -0.3 is 25.3 Å². The van der Waals surface area contributed by atoms with Crippen LogP contribution in [0.4, 0.5) is 0 Å². The van der Waals surface area contributed by atoms with E-state index in [4.69, 9.17) is 25.3 Å². The summed E-state index contributed by atoms with van der Waals surface area (Å²) >= 11 is 9.64. The molecule has 0 nitrogen and oxygen atoms in total. The van der Waals surface area contributed by atoms with Crippen LogP contribution < -0.4 is 0 Å². The van der Waals surface area contributed by atoms with E-state index < -0.39 is 0 Å². The van der Waals surface area contributed by atoms with E-state index >= 15 is 0 Å². The molecule has 0 saturated carbocycles. The Morgan fingerprint density at radius 3 is 1.06 bits per heavy atom. The van der Waals surface area contributed by atoms with Crippen LogP contribution in [0.5, 0.6) is 0 Å². The molecule has 0 bridgehead atoms. The predicted octanol–water partition coefficient (Wildman–Crippen LogP) is 4.88. The van der Waals surface area contributed by atoms with Crippen molar-refractivity contribution in [3.05, 3.63) is 69.9 Å². The number of hydrogen-bond acceptors (Lipinski definition) is 5. The van der Waals surface area contributed by atoms with Crippen LogP contribution in [0.3, 0.4) is 0 Å². The van der Waals surface area contributed by atoms with E-state index in [2.05, 4.69) is 0 Å². The van der Waals surface area contributed by atoms with E-state index in [0.29, 0.717) is 0 Å². The van der Waals surface area contributed by atoms with Gasteiger partial charge in [0.1, 0.15) is 0 Å². The molecule has 0 atom stereocenters. The van der Waals surface area contributed by atoms with Crippen molar-refractivity contribution in [1.82, 2.24) is 0 Å². The Kier molecular flexibility index (Phi) is 13.6. The summed E-state index contributed by atoms with van der Waals surface area (Å²) in [6, 6.07) is 0. The zero-order valence-corrected chi connectivity index (χ0v) is 15.0. The minimum Gasteiger partial charge on any atom is -0.773 e. The van der Waals surface area contributed by atoms with Crippen LogP contribution in [-0.4, -0.2) is 0 Å². The summed E-state index contributed by atoms with van der Waals surface area (Å²) in [5.41, 5.74) is 0. The van der Waals surface area contributed by atoms with Crippen LogP contribution in [-0.2, 0) is 47.0 Å². The van der Waals surface area contributed by atoms with Crippen molar-refractivity contribution in [3.8, 4) is 0 Å². The van der Waals surface area contributed by atoms with Crippen LogP contribution in [0.1, 0.15) is 0 Å². The Bertz CT molecular complexity index is 315. The fraction of sp³-hybridized carbons (Fsp3) is 0. The van der Waals surface area contributed by atoms with Crippen molar-refractivity contribution in [2.75, 3.05) is 0 Å². The Balaban J connectivity index is 0.000000239. The molecule has 0 amide bonds. The monoisotopic (exact) mass is 362 g/mol. The van der Waals surface area contributed by atoms with Crippen LogP contribution in [0.2, 0.25) is 0 Å². The maximum atomic E-state index is 4.82. The molecule has 0 N–H and O–H groups in total. The third-order valence-electron chi connectivity index (χ3n) is 1.50. The SMILES string of the molecule is [CH]1C=CC=C1.[CH]1C=CC=C1.[S-]C1=C([S-])SSS1.[Ti+2]. The fourth-order valence-corrected chi connectivity index (χ4v) is 6.11. The Morgan fingerprint density at radius 2 is 0.944 bits per heavy atom. The first-order valence-corrected chi connectivity index (χ1v) is 9.03. The van der Waals surface area contributed by atoms with Crippen molar-refractivity contribution in [3.63, 3.8) is 0 Å². The van der Waals surface area contributed by atoms with Gasteiger partial charge in [0, 0.05) is 12.8 Å². The van der Waals surface area contributed by atoms with Gasteiger partial charge in [0.05, 0.1) is 0 Å². The molecule has 1 aliphatic heterocycles. The molecule has 0 aromatic heterocycles. The van der Waals surface area contributed by atoms with Gasteiger partial charge in [-0.2, -0.15) is 0 Å². The van der Waals surface area contributed by atoms with Gasteiger partial charge in [0.2, 0.25) is 0 Å². The van der Waals surface area contributed by atoms with Crippen molar-refractivity contribution in [1.29, 1.82) is 0 Å². The molecule has 92 valence electrons. The summed E-state index contributed by atoms with van der Waals surface area (Å²) in [5, 5.41) is 0. The van der Waals surface area contributed by atoms with Gasteiger partial charge >= 0.3 is 21.7 Å². The molecule has 3 rings (SSSR count). The fourth-order valence-electron chi connectivity index (χ4n) is 0.788. The standard InChI is InChI=1S/2C5H5.C2H2S5.Ti/c2*1-2-4-5-3-1;3-1-2(4)6-7-5-1;/h2*1-5H;3-4H;/q;;;+2/p-2. The van der Waals surface area contributed by atoms with E-state index in [-0.39, 0.29) is 21.7 Å². The van der Waals surface area contributed by atoms with E-state index in [1.165, 1.54) is 0 Å². The van der Waals surface area contributed by atoms with Crippen molar-refractivity contribution >= 4 is 56.7 Å². The van der Waals surface area contributed by atoms with Crippen molar-refractivity contribution < 1.29 is 21.7 Å². The van der Waals surface area contributed by atoms with Crippen molar-refractivity contribution in [2.45, 2.75) is 0 Å². The largest absolute Gasteiger partial charge is 2.00 e. The maximum Gasteiger partial charge on any atom is 2.00 e. The van der Waals surface area contributed by atoms with Crippen LogP contribution in [0, 0.1) is 12.8 Å². The molecule has 2 aliphatic carbocycles. The molecule has 0 unspecified atom stereocenters. The summed E-state index contributed by atoms with van der Waals surface area (Å²) in [7, 11) is 4.79. The first kappa shape index (κ1) is 18.9. The first-order chi connectivity index (χ1) is 8.30. The molecule has 18 heavy (non-hydrogen) atoms. The Labute approximate surface area is 147 Å². The van der Waals surface area contributed by atoms with Crippen LogP contribution in [0.15, 0.2) is 57.1 Å². The minimum absolute atomic E-state index is 0. The smallest absolute Gasteiger partial charge is 0.773 e. The normalized spacial score (nSPS) is 18.0. The molecular formula is C12H10S5Ti. The van der Waals surface area contributed by atoms with Gasteiger partial charge in [-0.15, -0.1) is 8.47 Å². The minimum atomic E-state index is 0. The summed E-state index contributed by atoms with van der Waals surface area (Å²) in [6.07, 6.45) is 20.0. The summed E-state index contributed by atoms with van der Waals surface area (Å²) in [4.78, 5) is 0. The second-order valence-corrected chi connectivity index (χ2v) is 7.99. The van der Waals surface area contributed by atoms with Gasteiger partial charge in [0.25, 0.3) is 0 Å². The van der Waals surface area contributed by atoms with Gasteiger partial charge in [-0.25, -0.2) is 0 Å². The molecule has 0 spiro atoms. The summed E-state index contributed by atoms with van der Waals surface area (Å²) in [6.45, 7) is 0. The third kappa shape index (κ3) is 9.78. The molecule has 2 radical (unpaired) electrons. The van der Waals surface area contributed by atoms with Crippen LogP contribution in [0.25, 0.3) is 0 Å². The second-order valence-electron chi connectivity index (χ2n) is 2.73. The average molecular weight is 362 g/mol. The Morgan fingerprint density at radius 1 is 0.611 bits per heavy atom. The van der Waals surface area contributed by atoms with Gasteiger partial charge in [-0.1, -0.05) is 70.2 Å². The molecule has 0 fully saturated rings. The topological polar surface area (TPSA) is 0 Å². The van der Waals surface area contributed by atoms with Gasteiger partial charge in [-0.05, 0) is 9.83 Å². The molecule has 3 aliphatic rings. The molecule has 6 heteroatoms. The van der Waals surface area contributed by atoms with E-state index in [1.807, 2.05) is 61.4 Å². The molecule has 1 heterocycles. The zero-order valence-electron chi connectivity index (χ0n) is 9.31. The van der Waals surface area contributed by atoms with Gasteiger partial charge in [0.15, 0.2) is 0 Å². The third-order valence-corrected chi connectivity index (χ3v) is 7.04. The quantitative estimate of drug-likeness (QED) is 0.341. The van der Waals surface area contributed by atoms with Gasteiger partial charge in [-0.3, -0.25) is 0 Å². The molecule has 0 saturated heterocycles. The average Bonchev–Trinajstić information content (AvgIpc) is 3.05. The van der Waals surface area contributed by atoms with E-state index in [9.17, 15) is 0 Å². The number of rotatable bonds is 0. The number of hydrogen-bond donors (Lipinski definition) is 0. The van der Waals surface area contributed by atoms with Crippen molar-refractivity contribution in [2.24, 2.45) is 0 Å². The molecule has 0 aromatic carbocycles. The summed E-state index contributed by atoms with van der Waals surface area (Å²) in [5.74, 6) is 0. The number of allylic oxidation sites excluding steroid dienone is 8. The zero-order chi connectivity index (χ0) is 12.3. The first-order valence-electron chi connectivity index (χ1n) is 4.73. The van der Waals surface area contributed by atoms with E-state index in [1.54, 1.807) is 31.4 Å². The molecule has 0 aromatic rings. The maximum absolute atomic E-state index is 4.82. The van der Waals surface area contributed by atoms with E-state index in [0.717, 1.165) is 8.47 Å².